The minimum absolute atomic E-state index is 0.123. The van der Waals surface area contributed by atoms with Gasteiger partial charge in [0.15, 0.2) is 6.29 Å². The van der Waals surface area contributed by atoms with Crippen molar-refractivity contribution in [2.75, 3.05) is 26.4 Å². The molecule has 9 nitrogen and oxygen atoms in total. The topological polar surface area (TPSA) is 135 Å². The van der Waals surface area contributed by atoms with Crippen molar-refractivity contribution >= 4 is 5.97 Å². The number of carbonyl (C=O) groups excluding carboxylic acids is 1. The van der Waals surface area contributed by atoms with Gasteiger partial charge >= 0.3 is 5.97 Å². The summed E-state index contributed by atoms with van der Waals surface area (Å²) in [6, 6.07) is 0. The van der Waals surface area contributed by atoms with Crippen LogP contribution < -0.4 is 0 Å². The zero-order valence-corrected chi connectivity index (χ0v) is 45.9. The molecule has 0 aromatic rings. The summed E-state index contributed by atoms with van der Waals surface area (Å²) in [6.45, 7) is 4.42. The van der Waals surface area contributed by atoms with E-state index >= 15 is 0 Å². The number of esters is 1. The maximum atomic E-state index is 12.9. The molecule has 0 radical (unpaired) electrons. The highest BCUT2D eigenvalue weighted by Gasteiger charge is 2.44. The van der Waals surface area contributed by atoms with Crippen LogP contribution in [0, 0.1) is 0 Å². The first-order valence-corrected chi connectivity index (χ1v) is 29.3. The second kappa shape index (κ2) is 53.0. The van der Waals surface area contributed by atoms with Gasteiger partial charge in [0.05, 0.1) is 19.8 Å². The van der Waals surface area contributed by atoms with Gasteiger partial charge in [-0.25, -0.2) is 0 Å². The summed E-state index contributed by atoms with van der Waals surface area (Å²) in [7, 11) is 0. The predicted octanol–water partition coefficient (Wildman–Crippen LogP) is 15.5. The van der Waals surface area contributed by atoms with E-state index in [0.29, 0.717) is 13.0 Å². The molecule has 1 heterocycles. The molecule has 0 saturated carbocycles. The molecule has 0 bridgehead atoms. The minimum atomic E-state index is -1.55. The van der Waals surface area contributed by atoms with Crippen molar-refractivity contribution < 1.29 is 44.2 Å². The fourth-order valence-corrected chi connectivity index (χ4v) is 8.47. The summed E-state index contributed by atoms with van der Waals surface area (Å²) >= 11 is 0. The van der Waals surface area contributed by atoms with Gasteiger partial charge in [-0.05, 0) is 96.3 Å². The largest absolute Gasteiger partial charge is 0.457 e. The Hall–Kier alpha value is -2.89. The fourth-order valence-electron chi connectivity index (χ4n) is 8.47. The summed E-state index contributed by atoms with van der Waals surface area (Å²) in [6.07, 6.45) is 67.3. The average molecular weight is 1010 g/mol. The molecule has 1 aliphatic rings. The molecule has 0 aliphatic carbocycles. The molecule has 4 N–H and O–H groups in total. The van der Waals surface area contributed by atoms with Gasteiger partial charge in [0, 0.05) is 13.0 Å². The lowest BCUT2D eigenvalue weighted by Gasteiger charge is -2.39. The number of allylic oxidation sites excluding steroid dienone is 16. The Kier molecular flexibility index (Phi) is 49.4. The number of rotatable bonds is 50. The number of ether oxygens (including phenoxy) is 4. The molecule has 1 saturated heterocycles. The van der Waals surface area contributed by atoms with Gasteiger partial charge < -0.3 is 39.4 Å². The maximum absolute atomic E-state index is 12.9. The van der Waals surface area contributed by atoms with Crippen molar-refractivity contribution in [3.63, 3.8) is 0 Å². The van der Waals surface area contributed by atoms with E-state index in [-0.39, 0.29) is 19.2 Å². The van der Waals surface area contributed by atoms with E-state index in [0.717, 1.165) is 83.5 Å². The highest BCUT2D eigenvalue weighted by Crippen LogP contribution is 2.23. The standard InChI is InChI=1S/C63H108O9/c1-3-5-7-9-11-13-15-17-19-21-23-25-27-28-29-31-33-35-37-39-41-43-45-47-49-51-53-69-55-57(56-70-63-62(68)61(67)60(66)58(54-64)72-63)71-59(65)52-50-48-46-44-42-40-38-36-34-32-30-26-24-22-20-18-16-14-12-10-8-6-4-2/h5,7,11,13,16-19,22-25,28-30,32,57-58,60-64,66-68H,3-4,6,8-10,12,14-15,20-21,26-27,31,33-56H2,1-2H3/b7-5-,13-11-,18-16-,19-17-,24-22-,25-23-,29-28-,32-30-. The van der Waals surface area contributed by atoms with Crippen LogP contribution in [0.15, 0.2) is 97.2 Å². The Morgan fingerprint density at radius 3 is 1.28 bits per heavy atom. The molecular weight excluding hydrogens is 901 g/mol. The van der Waals surface area contributed by atoms with Crippen LogP contribution in [0.5, 0.6) is 0 Å². The van der Waals surface area contributed by atoms with Crippen molar-refractivity contribution in [3.8, 4) is 0 Å². The van der Waals surface area contributed by atoms with Crippen LogP contribution in [0.2, 0.25) is 0 Å². The number of hydrogen-bond donors (Lipinski definition) is 4. The third-order valence-electron chi connectivity index (χ3n) is 13.0. The van der Waals surface area contributed by atoms with Gasteiger partial charge in [-0.2, -0.15) is 0 Å². The molecule has 0 amide bonds. The summed E-state index contributed by atoms with van der Waals surface area (Å²) in [4.78, 5) is 12.9. The molecule has 72 heavy (non-hydrogen) atoms. The van der Waals surface area contributed by atoms with E-state index in [4.69, 9.17) is 18.9 Å². The number of hydrogen-bond acceptors (Lipinski definition) is 9. The number of unbranched alkanes of at least 4 members (excludes halogenated alkanes) is 23. The number of aliphatic hydroxyl groups is 4. The molecule has 0 spiro atoms. The van der Waals surface area contributed by atoms with E-state index in [1.54, 1.807) is 0 Å². The molecule has 9 heteroatoms. The first-order valence-electron chi connectivity index (χ1n) is 29.3. The SMILES string of the molecule is CC/C=C\C/C=C\C/C=C\C/C=C\C/C=C\CCCCCCCCCCCCOCC(COC1OC(CO)C(O)C(O)C1O)OC(=O)CCCCCCCCCC/C=C\C/C=C\C/C=C\CCCCCCC. The third kappa shape index (κ3) is 42.5. The first-order chi connectivity index (χ1) is 35.4. The lowest BCUT2D eigenvalue weighted by atomic mass is 9.99. The summed E-state index contributed by atoms with van der Waals surface area (Å²) in [5, 5.41) is 40.4. The summed E-state index contributed by atoms with van der Waals surface area (Å²) in [5.41, 5.74) is 0. The van der Waals surface area contributed by atoms with Crippen LogP contribution in [0.3, 0.4) is 0 Å². The molecule has 0 aromatic heterocycles. The van der Waals surface area contributed by atoms with Crippen LogP contribution in [0.25, 0.3) is 0 Å². The van der Waals surface area contributed by atoms with Crippen LogP contribution in [0.4, 0.5) is 0 Å². The minimum Gasteiger partial charge on any atom is -0.457 e. The zero-order valence-electron chi connectivity index (χ0n) is 45.9. The molecular formula is C63H108O9. The van der Waals surface area contributed by atoms with Gasteiger partial charge in [0.2, 0.25) is 0 Å². The molecule has 1 fully saturated rings. The second-order valence-corrected chi connectivity index (χ2v) is 19.7. The van der Waals surface area contributed by atoms with E-state index in [2.05, 4.69) is 111 Å². The van der Waals surface area contributed by atoms with Crippen molar-refractivity contribution in [1.82, 2.24) is 0 Å². The normalized spacial score (nSPS) is 19.4. The van der Waals surface area contributed by atoms with Crippen LogP contribution >= 0.6 is 0 Å². The molecule has 1 aliphatic heterocycles. The first kappa shape index (κ1) is 67.1. The van der Waals surface area contributed by atoms with Crippen molar-refractivity contribution in [2.24, 2.45) is 0 Å². The van der Waals surface area contributed by atoms with Crippen LogP contribution in [-0.2, 0) is 23.7 Å². The monoisotopic (exact) mass is 1010 g/mol. The number of aliphatic hydroxyl groups excluding tert-OH is 4. The lowest BCUT2D eigenvalue weighted by molar-refractivity contribution is -0.305. The van der Waals surface area contributed by atoms with Gasteiger partial charge in [-0.3, -0.25) is 4.79 Å². The van der Waals surface area contributed by atoms with E-state index in [9.17, 15) is 25.2 Å². The zero-order chi connectivity index (χ0) is 52.1. The quantitative estimate of drug-likeness (QED) is 0.0267. The van der Waals surface area contributed by atoms with Gasteiger partial charge in [-0.15, -0.1) is 0 Å². The fraction of sp³-hybridized carbons (Fsp3) is 0.730. The summed E-state index contributed by atoms with van der Waals surface area (Å²) < 4.78 is 23.0. The van der Waals surface area contributed by atoms with E-state index in [1.165, 1.54) is 128 Å². The van der Waals surface area contributed by atoms with Crippen LogP contribution in [-0.4, -0.2) is 89.6 Å². The smallest absolute Gasteiger partial charge is 0.306 e. The summed E-state index contributed by atoms with van der Waals surface area (Å²) in [5.74, 6) is -0.324. The van der Waals surface area contributed by atoms with Gasteiger partial charge in [0.1, 0.15) is 30.5 Å². The maximum Gasteiger partial charge on any atom is 0.306 e. The Morgan fingerprint density at radius 2 is 0.847 bits per heavy atom. The molecule has 0 aromatic carbocycles. The molecule has 414 valence electrons. The van der Waals surface area contributed by atoms with Crippen molar-refractivity contribution in [1.29, 1.82) is 0 Å². The van der Waals surface area contributed by atoms with Crippen molar-refractivity contribution in [3.05, 3.63) is 97.2 Å². The van der Waals surface area contributed by atoms with Gasteiger partial charge in [-0.1, -0.05) is 227 Å². The van der Waals surface area contributed by atoms with Crippen molar-refractivity contribution in [2.45, 2.75) is 269 Å². The Labute approximate surface area is 441 Å². The van der Waals surface area contributed by atoms with Crippen LogP contribution in [0.1, 0.15) is 232 Å². The third-order valence-corrected chi connectivity index (χ3v) is 13.0. The Bertz CT molecular complexity index is 1430. The Morgan fingerprint density at radius 1 is 0.458 bits per heavy atom. The molecule has 6 unspecified atom stereocenters. The predicted molar refractivity (Wildman–Crippen MR) is 302 cm³/mol. The highest BCUT2D eigenvalue weighted by atomic mass is 16.7. The molecule has 6 atom stereocenters. The highest BCUT2D eigenvalue weighted by molar-refractivity contribution is 5.69. The lowest BCUT2D eigenvalue weighted by Crippen LogP contribution is -2.59. The van der Waals surface area contributed by atoms with E-state index in [1.807, 2.05) is 0 Å². The molecule has 1 rings (SSSR count). The average Bonchev–Trinajstić information content (AvgIpc) is 3.38. The Balaban J connectivity index is 2.17. The second-order valence-electron chi connectivity index (χ2n) is 19.7. The van der Waals surface area contributed by atoms with E-state index < -0.39 is 43.4 Å². The number of carbonyl (C=O) groups is 1. The van der Waals surface area contributed by atoms with Gasteiger partial charge in [0.25, 0.3) is 0 Å².